The van der Waals surface area contributed by atoms with E-state index in [-0.39, 0.29) is 23.4 Å². The van der Waals surface area contributed by atoms with Gasteiger partial charge < -0.3 is 9.80 Å². The molecule has 0 unspecified atom stereocenters. The molecule has 5 nitrogen and oxygen atoms in total. The van der Waals surface area contributed by atoms with Crippen LogP contribution in [-0.4, -0.2) is 64.3 Å². The van der Waals surface area contributed by atoms with Crippen LogP contribution in [0, 0.1) is 6.92 Å². The van der Waals surface area contributed by atoms with Crippen molar-refractivity contribution in [3.8, 4) is 0 Å². The van der Waals surface area contributed by atoms with Crippen LogP contribution in [-0.2, 0) is 16.1 Å². The summed E-state index contributed by atoms with van der Waals surface area (Å²) in [7, 11) is 0. The van der Waals surface area contributed by atoms with E-state index in [1.54, 1.807) is 0 Å². The molecule has 3 rings (SSSR count). The Bertz CT molecular complexity index is 731. The maximum Gasteiger partial charge on any atom is 0.237 e. The number of likely N-dealkylation sites (N-methyl/N-ethyl adjacent to an activating group) is 1. The van der Waals surface area contributed by atoms with Crippen LogP contribution in [0.4, 0.5) is 0 Å². The fraction of sp³-hybridized carbons (Fsp3) is 0.667. The summed E-state index contributed by atoms with van der Waals surface area (Å²) in [5, 5.41) is 0. The smallest absolute Gasteiger partial charge is 0.237 e. The van der Waals surface area contributed by atoms with E-state index in [0.717, 1.165) is 45.3 Å². The van der Waals surface area contributed by atoms with Crippen molar-refractivity contribution in [2.24, 2.45) is 0 Å². The Labute approximate surface area is 176 Å². The van der Waals surface area contributed by atoms with Gasteiger partial charge in [-0.15, -0.1) is 0 Å². The molecule has 2 amide bonds. The molecule has 1 aromatic rings. The van der Waals surface area contributed by atoms with E-state index >= 15 is 0 Å². The summed E-state index contributed by atoms with van der Waals surface area (Å²) in [5.74, 6) is 0.449. The van der Waals surface area contributed by atoms with Crippen molar-refractivity contribution < 1.29 is 9.59 Å². The summed E-state index contributed by atoms with van der Waals surface area (Å²) in [4.78, 5) is 32.7. The maximum atomic E-state index is 13.2. The second kappa shape index (κ2) is 9.29. The van der Waals surface area contributed by atoms with E-state index < -0.39 is 0 Å². The van der Waals surface area contributed by atoms with Gasteiger partial charge in [-0.1, -0.05) is 44.5 Å². The molecule has 2 atom stereocenters. The van der Waals surface area contributed by atoms with Gasteiger partial charge in [0.2, 0.25) is 11.8 Å². The van der Waals surface area contributed by atoms with E-state index in [2.05, 4.69) is 54.5 Å². The molecule has 5 heteroatoms. The summed E-state index contributed by atoms with van der Waals surface area (Å²) in [6.07, 6.45) is 4.38. The second-order valence-corrected chi connectivity index (χ2v) is 8.82. The molecular weight excluding hydrogens is 362 g/mol. The lowest BCUT2D eigenvalue weighted by atomic mass is 9.84. The fourth-order valence-corrected chi connectivity index (χ4v) is 5.07. The molecule has 0 bridgehead atoms. The Morgan fingerprint density at radius 2 is 1.93 bits per heavy atom. The predicted molar refractivity (Wildman–Crippen MR) is 117 cm³/mol. The number of amides is 2. The molecule has 2 heterocycles. The number of aryl methyl sites for hydroxylation is 1. The number of carbonyl (C=O) groups is 2. The number of hydrogen-bond donors (Lipinski definition) is 0. The molecule has 2 saturated heterocycles. The third kappa shape index (κ3) is 4.50. The molecule has 1 aromatic carbocycles. The Hall–Kier alpha value is -1.88. The average Bonchev–Trinajstić information content (AvgIpc) is 3.04. The highest BCUT2D eigenvalue weighted by Crippen LogP contribution is 2.40. The Morgan fingerprint density at radius 3 is 2.62 bits per heavy atom. The Morgan fingerprint density at radius 1 is 1.21 bits per heavy atom. The lowest BCUT2D eigenvalue weighted by Crippen LogP contribution is -2.58. The van der Waals surface area contributed by atoms with Crippen molar-refractivity contribution in [3.05, 3.63) is 35.4 Å². The number of fused-ring (bicyclic) bond motifs is 1. The van der Waals surface area contributed by atoms with Gasteiger partial charge in [-0.05, 0) is 57.3 Å². The molecule has 160 valence electrons. The van der Waals surface area contributed by atoms with Crippen molar-refractivity contribution in [3.63, 3.8) is 0 Å². The van der Waals surface area contributed by atoms with Crippen molar-refractivity contribution >= 4 is 11.8 Å². The first-order valence-electron chi connectivity index (χ1n) is 11.3. The predicted octanol–water partition coefficient (Wildman–Crippen LogP) is 3.60. The number of rotatable bonds is 6. The second-order valence-electron chi connectivity index (χ2n) is 8.82. The summed E-state index contributed by atoms with van der Waals surface area (Å²) in [6.45, 7) is 12.2. The van der Waals surface area contributed by atoms with E-state index in [1.807, 2.05) is 12.1 Å². The van der Waals surface area contributed by atoms with Crippen LogP contribution in [0.5, 0.6) is 0 Å². The Balaban J connectivity index is 1.87. The van der Waals surface area contributed by atoms with E-state index in [1.165, 1.54) is 11.1 Å². The van der Waals surface area contributed by atoms with Crippen molar-refractivity contribution in [2.45, 2.75) is 77.9 Å². The molecule has 2 aliphatic heterocycles. The van der Waals surface area contributed by atoms with Crippen LogP contribution >= 0.6 is 0 Å². The number of hydrogen-bond acceptors (Lipinski definition) is 3. The van der Waals surface area contributed by atoms with E-state index in [9.17, 15) is 9.59 Å². The zero-order valence-corrected chi connectivity index (χ0v) is 18.6. The molecule has 29 heavy (non-hydrogen) atoms. The zero-order chi connectivity index (χ0) is 21.0. The standard InChI is InChI=1S/C24H37N3O2/c1-5-25(6-2)18-23(29)26-16-15-24(4)21(26)13-9-10-14-22(28)27(24)17-20-12-8-7-11-19(20)3/h7-8,11-12,21H,5-6,9-10,13-18H2,1-4H3/t21-,24-/m1/s1. The van der Waals surface area contributed by atoms with Crippen molar-refractivity contribution in [1.29, 1.82) is 0 Å². The number of likely N-dealkylation sites (tertiary alicyclic amines) is 2. The number of nitrogens with zero attached hydrogens (tertiary/aromatic N) is 3. The van der Waals surface area contributed by atoms with Crippen LogP contribution in [0.25, 0.3) is 0 Å². The summed E-state index contributed by atoms with van der Waals surface area (Å²) in [6, 6.07) is 8.43. The number of carbonyl (C=O) groups excluding carboxylic acids is 2. The molecule has 0 radical (unpaired) electrons. The molecule has 0 aliphatic carbocycles. The first-order valence-corrected chi connectivity index (χ1v) is 11.3. The van der Waals surface area contributed by atoms with Gasteiger partial charge in [0, 0.05) is 19.5 Å². The molecule has 0 N–H and O–H groups in total. The molecule has 0 aromatic heterocycles. The monoisotopic (exact) mass is 399 g/mol. The quantitative estimate of drug-likeness (QED) is 0.734. The highest BCUT2D eigenvalue weighted by atomic mass is 16.2. The molecule has 2 aliphatic rings. The van der Waals surface area contributed by atoms with Gasteiger partial charge >= 0.3 is 0 Å². The first-order chi connectivity index (χ1) is 13.9. The fourth-order valence-electron chi connectivity index (χ4n) is 5.07. The van der Waals surface area contributed by atoms with Gasteiger partial charge in [-0.3, -0.25) is 14.5 Å². The van der Waals surface area contributed by atoms with E-state index in [0.29, 0.717) is 19.5 Å². The van der Waals surface area contributed by atoms with Crippen LogP contribution in [0.15, 0.2) is 24.3 Å². The minimum absolute atomic E-state index is 0.110. The normalized spacial score (nSPS) is 25.1. The van der Waals surface area contributed by atoms with Gasteiger partial charge in [-0.2, -0.15) is 0 Å². The van der Waals surface area contributed by atoms with Crippen molar-refractivity contribution in [1.82, 2.24) is 14.7 Å². The van der Waals surface area contributed by atoms with Gasteiger partial charge in [-0.25, -0.2) is 0 Å². The highest BCUT2D eigenvalue weighted by Gasteiger charge is 2.51. The van der Waals surface area contributed by atoms with Crippen LogP contribution < -0.4 is 0 Å². The minimum Gasteiger partial charge on any atom is -0.336 e. The third-order valence-corrected chi connectivity index (χ3v) is 7.15. The molecular formula is C24H37N3O2. The third-order valence-electron chi connectivity index (χ3n) is 7.15. The summed E-state index contributed by atoms with van der Waals surface area (Å²) in [5.41, 5.74) is 2.13. The highest BCUT2D eigenvalue weighted by molar-refractivity contribution is 5.81. The van der Waals surface area contributed by atoms with E-state index in [4.69, 9.17) is 0 Å². The largest absolute Gasteiger partial charge is 0.336 e. The lowest BCUT2D eigenvalue weighted by molar-refractivity contribution is -0.144. The van der Waals surface area contributed by atoms with Gasteiger partial charge in [0.1, 0.15) is 0 Å². The minimum atomic E-state index is -0.293. The SMILES string of the molecule is CCN(CC)CC(=O)N1CC[C@]2(C)[C@H]1CCCCC(=O)N2Cc1ccccc1C. The molecule has 2 fully saturated rings. The number of benzene rings is 1. The average molecular weight is 400 g/mol. The van der Waals surface area contributed by atoms with Crippen molar-refractivity contribution in [2.75, 3.05) is 26.2 Å². The van der Waals surface area contributed by atoms with Gasteiger partial charge in [0.25, 0.3) is 0 Å². The van der Waals surface area contributed by atoms with Crippen LogP contribution in [0.3, 0.4) is 0 Å². The topological polar surface area (TPSA) is 43.9 Å². The van der Waals surface area contributed by atoms with Crippen LogP contribution in [0.2, 0.25) is 0 Å². The molecule has 0 spiro atoms. The summed E-state index contributed by atoms with van der Waals surface area (Å²) >= 11 is 0. The zero-order valence-electron chi connectivity index (χ0n) is 18.6. The van der Waals surface area contributed by atoms with Crippen LogP contribution in [0.1, 0.15) is 64.0 Å². The lowest BCUT2D eigenvalue weighted by Gasteiger charge is -2.46. The summed E-state index contributed by atoms with van der Waals surface area (Å²) < 4.78 is 0. The maximum absolute atomic E-state index is 13.2. The first kappa shape index (κ1) is 21.8. The van der Waals surface area contributed by atoms with Gasteiger partial charge in [0.05, 0.1) is 18.1 Å². The molecule has 0 saturated carbocycles. The Kier molecular flexibility index (Phi) is 6.99. The van der Waals surface area contributed by atoms with Gasteiger partial charge in [0.15, 0.2) is 0 Å².